The van der Waals surface area contributed by atoms with Crippen LogP contribution >= 0.6 is 23.4 Å². The molecule has 1 unspecified atom stereocenters. The van der Waals surface area contributed by atoms with Crippen LogP contribution in [-0.4, -0.2) is 26.4 Å². The molecule has 4 rings (SSSR count). The molecule has 1 atom stereocenters. The molecule has 0 bridgehead atoms. The van der Waals surface area contributed by atoms with Crippen LogP contribution < -0.4 is 10.1 Å². The molecule has 6 nitrogen and oxygen atoms in total. The Morgan fingerprint density at radius 3 is 2.36 bits per heavy atom. The zero-order chi connectivity index (χ0) is 28.2. The van der Waals surface area contributed by atoms with Crippen LogP contribution in [0, 0.1) is 0 Å². The SMILES string of the molecule is CC(C)c1ccc(OC(C)c2nnc(SCC(=O)Nc3ccc(Cl)cc3C(F)(F)F)n2-c2ccccc2)cc1. The third kappa shape index (κ3) is 7.13. The molecular formula is C28H26ClF3N4O2S. The summed E-state index contributed by atoms with van der Waals surface area (Å²) in [6.45, 7) is 6.08. The third-order valence-electron chi connectivity index (χ3n) is 5.79. The smallest absolute Gasteiger partial charge is 0.418 e. The summed E-state index contributed by atoms with van der Waals surface area (Å²) in [4.78, 5) is 12.6. The van der Waals surface area contributed by atoms with E-state index in [1.54, 1.807) is 4.57 Å². The summed E-state index contributed by atoms with van der Waals surface area (Å²) in [5.74, 6) is 0.748. The van der Waals surface area contributed by atoms with Crippen molar-refractivity contribution in [1.82, 2.24) is 14.8 Å². The van der Waals surface area contributed by atoms with Crippen LogP contribution in [0.4, 0.5) is 18.9 Å². The summed E-state index contributed by atoms with van der Waals surface area (Å²) in [5, 5.41) is 11.2. The summed E-state index contributed by atoms with van der Waals surface area (Å²) < 4.78 is 48.1. The lowest BCUT2D eigenvalue weighted by atomic mass is 10.0. The summed E-state index contributed by atoms with van der Waals surface area (Å²) in [6.07, 6.45) is -5.16. The molecule has 0 aliphatic rings. The molecule has 204 valence electrons. The molecule has 1 N–H and O–H groups in total. The molecule has 1 amide bonds. The summed E-state index contributed by atoms with van der Waals surface area (Å²) >= 11 is 6.78. The average Bonchev–Trinajstić information content (AvgIpc) is 3.33. The lowest BCUT2D eigenvalue weighted by Crippen LogP contribution is -2.18. The van der Waals surface area contributed by atoms with E-state index in [1.807, 2.05) is 61.5 Å². The molecule has 0 radical (unpaired) electrons. The lowest BCUT2D eigenvalue weighted by Gasteiger charge is -2.17. The van der Waals surface area contributed by atoms with E-state index in [0.717, 1.165) is 29.6 Å². The van der Waals surface area contributed by atoms with Crippen molar-refractivity contribution >= 4 is 35.0 Å². The number of nitrogens with one attached hydrogen (secondary N) is 1. The number of anilines is 1. The number of aromatic nitrogens is 3. The van der Waals surface area contributed by atoms with Crippen molar-refractivity contribution in [1.29, 1.82) is 0 Å². The highest BCUT2D eigenvalue weighted by atomic mass is 35.5. The Bertz CT molecular complexity index is 1430. The van der Waals surface area contributed by atoms with Gasteiger partial charge in [-0.05, 0) is 60.9 Å². The van der Waals surface area contributed by atoms with Crippen LogP contribution in [0.15, 0.2) is 78.0 Å². The number of rotatable bonds is 9. The number of alkyl halides is 3. The molecule has 0 spiro atoms. The average molecular weight is 575 g/mol. The van der Waals surface area contributed by atoms with Crippen molar-refractivity contribution in [2.75, 3.05) is 11.1 Å². The van der Waals surface area contributed by atoms with Crippen molar-refractivity contribution in [3.05, 3.63) is 94.8 Å². The highest BCUT2D eigenvalue weighted by Crippen LogP contribution is 2.37. The van der Waals surface area contributed by atoms with Gasteiger partial charge in [-0.2, -0.15) is 13.2 Å². The van der Waals surface area contributed by atoms with E-state index in [0.29, 0.717) is 22.6 Å². The summed E-state index contributed by atoms with van der Waals surface area (Å²) in [5.41, 5.74) is 0.562. The van der Waals surface area contributed by atoms with E-state index in [-0.39, 0.29) is 16.5 Å². The van der Waals surface area contributed by atoms with Gasteiger partial charge in [-0.25, -0.2) is 0 Å². The van der Waals surface area contributed by atoms with Gasteiger partial charge < -0.3 is 10.1 Å². The van der Waals surface area contributed by atoms with Crippen LogP contribution in [0.2, 0.25) is 5.02 Å². The summed E-state index contributed by atoms with van der Waals surface area (Å²) in [7, 11) is 0. The summed E-state index contributed by atoms with van der Waals surface area (Å²) in [6, 6.07) is 20.3. The number of nitrogens with zero attached hydrogens (tertiary/aromatic N) is 3. The predicted molar refractivity (Wildman–Crippen MR) is 147 cm³/mol. The van der Waals surface area contributed by atoms with Gasteiger partial charge in [0, 0.05) is 10.7 Å². The zero-order valence-corrected chi connectivity index (χ0v) is 22.9. The van der Waals surface area contributed by atoms with Gasteiger partial charge in [0.15, 0.2) is 17.1 Å². The highest BCUT2D eigenvalue weighted by molar-refractivity contribution is 7.99. The lowest BCUT2D eigenvalue weighted by molar-refractivity contribution is -0.137. The number of hydrogen-bond acceptors (Lipinski definition) is 5. The minimum atomic E-state index is -4.67. The number of amides is 1. The van der Waals surface area contributed by atoms with E-state index in [9.17, 15) is 18.0 Å². The monoisotopic (exact) mass is 574 g/mol. The maximum atomic E-state index is 13.4. The van der Waals surface area contributed by atoms with E-state index >= 15 is 0 Å². The molecule has 1 aromatic heterocycles. The van der Waals surface area contributed by atoms with Gasteiger partial charge in [0.2, 0.25) is 5.91 Å². The van der Waals surface area contributed by atoms with Crippen LogP contribution in [-0.2, 0) is 11.0 Å². The van der Waals surface area contributed by atoms with Crippen LogP contribution in [0.25, 0.3) is 5.69 Å². The molecular weight excluding hydrogens is 549 g/mol. The number of carbonyl (C=O) groups is 1. The van der Waals surface area contributed by atoms with Crippen LogP contribution in [0.3, 0.4) is 0 Å². The number of benzene rings is 3. The first-order valence-corrected chi connectivity index (χ1v) is 13.5. The van der Waals surface area contributed by atoms with Crippen molar-refractivity contribution in [2.24, 2.45) is 0 Å². The van der Waals surface area contributed by atoms with Gasteiger partial charge in [-0.1, -0.05) is 67.5 Å². The fraction of sp³-hybridized carbons (Fsp3) is 0.250. The fourth-order valence-corrected chi connectivity index (χ4v) is 4.75. The van der Waals surface area contributed by atoms with Gasteiger partial charge in [0.25, 0.3) is 0 Å². The fourth-order valence-electron chi connectivity index (χ4n) is 3.82. The molecule has 11 heteroatoms. The number of halogens is 4. The third-order valence-corrected chi connectivity index (χ3v) is 6.95. The largest absolute Gasteiger partial charge is 0.483 e. The van der Waals surface area contributed by atoms with Crippen molar-refractivity contribution in [3.8, 4) is 11.4 Å². The number of carbonyl (C=O) groups excluding carboxylic acids is 1. The molecule has 0 fully saturated rings. The van der Waals surface area contributed by atoms with E-state index in [1.165, 1.54) is 11.6 Å². The topological polar surface area (TPSA) is 69.0 Å². The Labute approximate surface area is 233 Å². The second-order valence-electron chi connectivity index (χ2n) is 9.02. The van der Waals surface area contributed by atoms with Gasteiger partial charge >= 0.3 is 6.18 Å². The quantitative estimate of drug-likeness (QED) is 0.206. The highest BCUT2D eigenvalue weighted by Gasteiger charge is 2.34. The molecule has 3 aromatic carbocycles. The van der Waals surface area contributed by atoms with Crippen molar-refractivity contribution < 1.29 is 22.7 Å². The molecule has 4 aromatic rings. The van der Waals surface area contributed by atoms with Crippen LogP contribution in [0.5, 0.6) is 5.75 Å². The standard InChI is InChI=1S/C28H26ClF3N4O2S/c1-17(2)19-9-12-22(13-10-19)38-18(3)26-34-35-27(36(26)21-7-5-4-6-8-21)39-16-25(37)33-24-14-11-20(29)15-23(24)28(30,31)32/h4-15,17-18H,16H2,1-3H3,(H,33,37). The Morgan fingerprint density at radius 2 is 1.72 bits per heavy atom. The van der Waals surface area contributed by atoms with Gasteiger partial charge in [-0.3, -0.25) is 9.36 Å². The predicted octanol–water partition coefficient (Wildman–Crippen LogP) is 7.93. The first-order valence-electron chi connectivity index (χ1n) is 12.1. The van der Waals surface area contributed by atoms with Crippen LogP contribution in [0.1, 0.15) is 49.7 Å². The maximum Gasteiger partial charge on any atom is 0.418 e. The zero-order valence-electron chi connectivity index (χ0n) is 21.4. The molecule has 0 saturated carbocycles. The Hall–Kier alpha value is -3.50. The number of thioether (sulfide) groups is 1. The number of hydrogen-bond donors (Lipinski definition) is 1. The van der Waals surface area contributed by atoms with Gasteiger partial charge in [-0.15, -0.1) is 10.2 Å². The Balaban J connectivity index is 1.53. The number of para-hydroxylation sites is 1. The second-order valence-corrected chi connectivity index (χ2v) is 10.4. The van der Waals surface area contributed by atoms with E-state index < -0.39 is 23.8 Å². The molecule has 0 saturated heterocycles. The molecule has 39 heavy (non-hydrogen) atoms. The molecule has 0 aliphatic carbocycles. The maximum absolute atomic E-state index is 13.4. The van der Waals surface area contributed by atoms with Crippen molar-refractivity contribution in [3.63, 3.8) is 0 Å². The number of ether oxygens (including phenoxy) is 1. The Kier molecular flexibility index (Phi) is 8.87. The first kappa shape index (κ1) is 28.5. The molecule has 1 heterocycles. The van der Waals surface area contributed by atoms with E-state index in [4.69, 9.17) is 16.3 Å². The minimum Gasteiger partial charge on any atom is -0.483 e. The molecule has 0 aliphatic heterocycles. The minimum absolute atomic E-state index is 0.0783. The van der Waals surface area contributed by atoms with Gasteiger partial charge in [0.05, 0.1) is 17.0 Å². The van der Waals surface area contributed by atoms with Gasteiger partial charge in [0.1, 0.15) is 5.75 Å². The second kappa shape index (κ2) is 12.1. The first-order chi connectivity index (χ1) is 18.5. The van der Waals surface area contributed by atoms with E-state index in [2.05, 4.69) is 29.4 Å². The Morgan fingerprint density at radius 1 is 1.03 bits per heavy atom. The normalized spacial score (nSPS) is 12.4. The van der Waals surface area contributed by atoms with Crippen molar-refractivity contribution in [2.45, 2.75) is 44.1 Å².